The van der Waals surface area contributed by atoms with E-state index in [1.807, 2.05) is 37.3 Å². The molecule has 0 spiro atoms. The molecule has 2 atom stereocenters. The van der Waals surface area contributed by atoms with E-state index in [4.69, 9.17) is 4.74 Å². The van der Waals surface area contributed by atoms with E-state index in [0.717, 1.165) is 35.7 Å². The monoisotopic (exact) mass is 466 g/mol. The van der Waals surface area contributed by atoms with Crippen LogP contribution in [-0.2, 0) is 0 Å². The maximum atomic E-state index is 11.7. The number of carbonyl (C=O) groups is 1. The van der Waals surface area contributed by atoms with Crippen molar-refractivity contribution in [2.24, 2.45) is 0 Å². The number of carboxylic acids is 1. The third-order valence-corrected chi connectivity index (χ3v) is 6.66. The maximum absolute atomic E-state index is 11.7. The highest BCUT2D eigenvalue weighted by atomic mass is 16.5. The number of nitrogens with one attached hydrogen (secondary N) is 1. The van der Waals surface area contributed by atoms with Gasteiger partial charge in [0, 0.05) is 11.7 Å². The summed E-state index contributed by atoms with van der Waals surface area (Å²) >= 11 is 0. The maximum Gasteiger partial charge on any atom is 0.335 e. The first-order valence-corrected chi connectivity index (χ1v) is 12.1. The summed E-state index contributed by atoms with van der Waals surface area (Å²) in [6, 6.07) is 28.6. The number of fused-ring (bicyclic) bond motifs is 2. The molecule has 0 amide bonds. The van der Waals surface area contributed by atoms with Gasteiger partial charge in [0.25, 0.3) is 0 Å². The second-order valence-electron chi connectivity index (χ2n) is 9.21. The van der Waals surface area contributed by atoms with Crippen LogP contribution < -0.4 is 15.0 Å². The Hall–Kier alpha value is -3.83. The van der Waals surface area contributed by atoms with Crippen LogP contribution in [0.5, 0.6) is 5.75 Å². The summed E-state index contributed by atoms with van der Waals surface area (Å²) in [5.74, 6) is -0.0936. The molecule has 1 aliphatic heterocycles. The van der Waals surface area contributed by atoms with Gasteiger partial charge in [0.15, 0.2) is 0 Å². The summed E-state index contributed by atoms with van der Waals surface area (Å²) in [7, 11) is 0. The average molecular weight is 467 g/mol. The van der Waals surface area contributed by atoms with Gasteiger partial charge >= 0.3 is 5.97 Å². The molecule has 178 valence electrons. The minimum atomic E-state index is -0.917. The van der Waals surface area contributed by atoms with Crippen molar-refractivity contribution < 1.29 is 14.6 Å². The van der Waals surface area contributed by atoms with Crippen molar-refractivity contribution in [2.75, 3.05) is 18.0 Å². The Morgan fingerprint density at radius 2 is 1.83 bits per heavy atom. The van der Waals surface area contributed by atoms with Gasteiger partial charge in [0.2, 0.25) is 0 Å². The Labute approximate surface area is 206 Å². The van der Waals surface area contributed by atoms with Crippen molar-refractivity contribution in [3.05, 3.63) is 102 Å². The molecular weight excluding hydrogens is 436 g/mol. The van der Waals surface area contributed by atoms with Crippen LogP contribution in [0.25, 0.3) is 10.8 Å². The van der Waals surface area contributed by atoms with Gasteiger partial charge in [-0.2, -0.15) is 0 Å². The molecule has 1 aliphatic rings. The van der Waals surface area contributed by atoms with E-state index in [1.165, 1.54) is 16.3 Å². The van der Waals surface area contributed by atoms with E-state index in [9.17, 15) is 9.90 Å². The number of anilines is 2. The van der Waals surface area contributed by atoms with E-state index < -0.39 is 5.97 Å². The molecule has 0 saturated carbocycles. The van der Waals surface area contributed by atoms with Crippen LogP contribution in [0.4, 0.5) is 11.4 Å². The third kappa shape index (κ3) is 4.86. The van der Waals surface area contributed by atoms with Crippen LogP contribution in [0.15, 0.2) is 84.9 Å². The molecule has 0 saturated heterocycles. The second kappa shape index (κ2) is 9.80. The lowest BCUT2D eigenvalue weighted by atomic mass is 9.99. The van der Waals surface area contributed by atoms with Crippen molar-refractivity contribution in [3.63, 3.8) is 0 Å². The Kier molecular flexibility index (Phi) is 6.43. The molecule has 5 rings (SSSR count). The van der Waals surface area contributed by atoms with E-state index in [2.05, 4.69) is 59.6 Å². The molecule has 0 aromatic heterocycles. The Balaban J connectivity index is 1.32. The number of hydrogen-bond acceptors (Lipinski definition) is 4. The average Bonchev–Trinajstić information content (AvgIpc) is 2.87. The fraction of sp³-hybridized carbons (Fsp3) is 0.233. The van der Waals surface area contributed by atoms with Crippen molar-refractivity contribution in [3.8, 4) is 5.75 Å². The minimum absolute atomic E-state index is 0.0223. The van der Waals surface area contributed by atoms with Gasteiger partial charge in [-0.05, 0) is 79.0 Å². The molecule has 4 aromatic rings. The molecule has 0 aliphatic carbocycles. The van der Waals surface area contributed by atoms with E-state index in [0.29, 0.717) is 12.1 Å². The van der Waals surface area contributed by atoms with Gasteiger partial charge in [0.05, 0.1) is 17.8 Å². The molecule has 4 aromatic carbocycles. The highest BCUT2D eigenvalue weighted by Crippen LogP contribution is 2.39. The van der Waals surface area contributed by atoms with Gasteiger partial charge in [-0.25, -0.2) is 4.79 Å². The molecule has 5 nitrogen and oxygen atoms in total. The molecular formula is C30H30N2O3. The molecule has 0 radical (unpaired) electrons. The quantitative estimate of drug-likeness (QED) is 0.326. The lowest BCUT2D eigenvalue weighted by Gasteiger charge is -2.37. The SMILES string of the molecule is Cc1cc(C(=O)O)cc(N2CC(CCN[C@H](C)c3cccc4ccccc34)Oc3ccccc32)c1. The minimum Gasteiger partial charge on any atom is -0.486 e. The molecule has 2 N–H and O–H groups in total. The van der Waals surface area contributed by atoms with Crippen LogP contribution in [0.2, 0.25) is 0 Å². The van der Waals surface area contributed by atoms with Crippen LogP contribution in [-0.4, -0.2) is 30.3 Å². The largest absolute Gasteiger partial charge is 0.486 e. The van der Waals surface area contributed by atoms with Crippen molar-refractivity contribution in [1.82, 2.24) is 5.32 Å². The number of hydrogen-bond donors (Lipinski definition) is 2. The van der Waals surface area contributed by atoms with Gasteiger partial charge < -0.3 is 20.1 Å². The Bertz CT molecular complexity index is 1360. The molecule has 1 heterocycles. The lowest BCUT2D eigenvalue weighted by molar-refractivity contribution is 0.0697. The predicted molar refractivity (Wildman–Crippen MR) is 141 cm³/mol. The first-order chi connectivity index (χ1) is 17.0. The fourth-order valence-corrected chi connectivity index (χ4v) is 4.93. The van der Waals surface area contributed by atoms with E-state index in [-0.39, 0.29) is 12.1 Å². The van der Waals surface area contributed by atoms with Crippen LogP contribution in [0.3, 0.4) is 0 Å². The smallest absolute Gasteiger partial charge is 0.335 e. The molecule has 1 unspecified atom stereocenters. The first kappa shape index (κ1) is 22.9. The molecule has 35 heavy (non-hydrogen) atoms. The summed E-state index contributed by atoms with van der Waals surface area (Å²) in [4.78, 5) is 13.8. The third-order valence-electron chi connectivity index (χ3n) is 6.66. The number of carboxylic acid groups (broad SMARTS) is 1. The number of rotatable bonds is 7. The summed E-state index contributed by atoms with van der Waals surface area (Å²) in [5, 5.41) is 15.8. The number of nitrogens with zero attached hydrogens (tertiary/aromatic N) is 1. The number of aromatic carboxylic acids is 1. The number of para-hydroxylation sites is 2. The molecule has 5 heteroatoms. The van der Waals surface area contributed by atoms with Crippen LogP contribution in [0.1, 0.15) is 40.9 Å². The van der Waals surface area contributed by atoms with Crippen LogP contribution >= 0.6 is 0 Å². The standard InChI is InChI=1S/C30H30N2O3/c1-20-16-23(30(33)34)18-24(17-20)32-19-25(35-29-13-6-5-12-28(29)32)14-15-31-21(2)26-11-7-9-22-8-3-4-10-27(22)26/h3-13,16-18,21,25,31H,14-15,19H2,1-2H3,(H,33,34)/t21-,25?/m1/s1. The van der Waals surface area contributed by atoms with E-state index >= 15 is 0 Å². The highest BCUT2D eigenvalue weighted by molar-refractivity contribution is 5.90. The van der Waals surface area contributed by atoms with E-state index in [1.54, 1.807) is 12.1 Å². The summed E-state index contributed by atoms with van der Waals surface area (Å²) < 4.78 is 6.35. The number of ether oxygens (including phenoxy) is 1. The fourth-order valence-electron chi connectivity index (χ4n) is 4.93. The topological polar surface area (TPSA) is 61.8 Å². The number of aryl methyl sites for hydroxylation is 1. The first-order valence-electron chi connectivity index (χ1n) is 12.1. The van der Waals surface area contributed by atoms with Gasteiger partial charge in [-0.3, -0.25) is 0 Å². The second-order valence-corrected chi connectivity index (χ2v) is 9.21. The lowest BCUT2D eigenvalue weighted by Crippen LogP contribution is -2.39. The summed E-state index contributed by atoms with van der Waals surface area (Å²) in [6.45, 7) is 5.59. The molecule has 0 fully saturated rings. The zero-order valence-electron chi connectivity index (χ0n) is 20.1. The van der Waals surface area contributed by atoms with Crippen LogP contribution in [0, 0.1) is 6.92 Å². The van der Waals surface area contributed by atoms with Gasteiger partial charge in [-0.15, -0.1) is 0 Å². The molecule has 0 bridgehead atoms. The Morgan fingerprint density at radius 1 is 1.06 bits per heavy atom. The van der Waals surface area contributed by atoms with Crippen molar-refractivity contribution in [2.45, 2.75) is 32.4 Å². The highest BCUT2D eigenvalue weighted by Gasteiger charge is 2.27. The number of benzene rings is 4. The Morgan fingerprint density at radius 3 is 2.69 bits per heavy atom. The van der Waals surface area contributed by atoms with Gasteiger partial charge in [-0.1, -0.05) is 54.6 Å². The summed E-state index contributed by atoms with van der Waals surface area (Å²) in [6.07, 6.45) is 0.809. The predicted octanol–water partition coefficient (Wildman–Crippen LogP) is 6.49. The summed E-state index contributed by atoms with van der Waals surface area (Å²) in [5.41, 5.74) is 4.35. The van der Waals surface area contributed by atoms with Crippen molar-refractivity contribution in [1.29, 1.82) is 0 Å². The zero-order valence-corrected chi connectivity index (χ0v) is 20.1. The van der Waals surface area contributed by atoms with Gasteiger partial charge in [0.1, 0.15) is 11.9 Å². The zero-order chi connectivity index (χ0) is 24.4. The normalized spacial score (nSPS) is 15.9. The van der Waals surface area contributed by atoms with Crippen molar-refractivity contribution >= 4 is 28.1 Å².